The van der Waals surface area contributed by atoms with Gasteiger partial charge in [-0.15, -0.1) is 10.2 Å². The van der Waals surface area contributed by atoms with Crippen LogP contribution in [0.4, 0.5) is 5.13 Å². The van der Waals surface area contributed by atoms with E-state index >= 15 is 0 Å². The molecule has 6 nitrogen and oxygen atoms in total. The van der Waals surface area contributed by atoms with Gasteiger partial charge in [-0.1, -0.05) is 53.8 Å². The highest BCUT2D eigenvalue weighted by Crippen LogP contribution is 2.21. The largest absolute Gasteiger partial charge is 0.497 e. The number of anilines is 1. The van der Waals surface area contributed by atoms with Crippen LogP contribution in [0.2, 0.25) is 0 Å². The minimum absolute atomic E-state index is 0.316. The van der Waals surface area contributed by atoms with Crippen LogP contribution in [0.5, 0.6) is 5.75 Å². The van der Waals surface area contributed by atoms with Crippen molar-refractivity contribution in [2.45, 2.75) is 10.1 Å². The van der Waals surface area contributed by atoms with Crippen molar-refractivity contribution in [1.82, 2.24) is 10.2 Å². The summed E-state index contributed by atoms with van der Waals surface area (Å²) >= 11 is 1.11. The van der Waals surface area contributed by atoms with Crippen LogP contribution >= 0.6 is 11.3 Å². The van der Waals surface area contributed by atoms with E-state index in [-0.39, 0.29) is 5.91 Å². The van der Waals surface area contributed by atoms with Crippen LogP contribution in [0.3, 0.4) is 0 Å². The number of amides is 1. The first kappa shape index (κ1) is 18.9. The number of benzene rings is 2. The van der Waals surface area contributed by atoms with Gasteiger partial charge in [-0.05, 0) is 29.3 Å². The highest BCUT2D eigenvalue weighted by Gasteiger charge is 2.13. The van der Waals surface area contributed by atoms with Gasteiger partial charge in [0.1, 0.15) is 5.75 Å². The molecule has 3 aromatic rings. The Morgan fingerprint density at radius 2 is 1.89 bits per heavy atom. The SMILES string of the molecule is COc1ccc(/C=C\C(=O)Nc2nnc([S@](=O)Cc3ccccc3)s2)cc1. The molecule has 0 fully saturated rings. The maximum absolute atomic E-state index is 12.4. The summed E-state index contributed by atoms with van der Waals surface area (Å²) in [6.45, 7) is 0. The molecule has 0 bridgehead atoms. The number of ether oxygens (including phenoxy) is 1. The van der Waals surface area contributed by atoms with Gasteiger partial charge >= 0.3 is 0 Å². The van der Waals surface area contributed by atoms with Crippen molar-refractivity contribution < 1.29 is 13.7 Å². The Labute approximate surface area is 163 Å². The van der Waals surface area contributed by atoms with Gasteiger partial charge < -0.3 is 4.74 Å². The number of hydrogen-bond donors (Lipinski definition) is 1. The number of methoxy groups -OCH3 is 1. The molecule has 0 spiro atoms. The lowest BCUT2D eigenvalue weighted by molar-refractivity contribution is -0.111. The minimum atomic E-state index is -1.30. The Balaban J connectivity index is 1.57. The first-order valence-electron chi connectivity index (χ1n) is 8.03. The van der Waals surface area contributed by atoms with Gasteiger partial charge in [-0.3, -0.25) is 14.3 Å². The third-order valence-corrected chi connectivity index (χ3v) is 6.02. The number of nitrogens with zero attached hydrogens (tertiary/aromatic N) is 2. The van der Waals surface area contributed by atoms with E-state index in [0.717, 1.165) is 28.2 Å². The van der Waals surface area contributed by atoms with Crippen LogP contribution in [0.25, 0.3) is 6.08 Å². The highest BCUT2D eigenvalue weighted by molar-refractivity contribution is 7.86. The smallest absolute Gasteiger partial charge is 0.250 e. The molecule has 0 radical (unpaired) electrons. The van der Waals surface area contributed by atoms with Gasteiger partial charge in [0.25, 0.3) is 0 Å². The van der Waals surface area contributed by atoms with E-state index < -0.39 is 10.8 Å². The predicted octanol–water partition coefficient (Wildman–Crippen LogP) is 3.51. The molecule has 0 saturated heterocycles. The minimum Gasteiger partial charge on any atom is -0.497 e. The van der Waals surface area contributed by atoms with Gasteiger partial charge in [0, 0.05) is 6.08 Å². The van der Waals surface area contributed by atoms with E-state index in [1.54, 1.807) is 13.2 Å². The van der Waals surface area contributed by atoms with Crippen molar-refractivity contribution >= 4 is 39.3 Å². The molecule has 138 valence electrons. The second-order valence-corrected chi connectivity index (χ2v) is 8.05. The van der Waals surface area contributed by atoms with Crippen molar-refractivity contribution in [2.24, 2.45) is 0 Å². The van der Waals surface area contributed by atoms with Gasteiger partial charge in [0.15, 0.2) is 0 Å². The summed E-state index contributed by atoms with van der Waals surface area (Å²) in [5.74, 6) is 0.782. The molecule has 1 atom stereocenters. The summed E-state index contributed by atoms with van der Waals surface area (Å²) in [6, 6.07) is 16.8. The third-order valence-electron chi connectivity index (χ3n) is 3.51. The van der Waals surface area contributed by atoms with Gasteiger partial charge in [0.2, 0.25) is 15.4 Å². The second kappa shape index (κ2) is 9.20. The molecule has 8 heteroatoms. The van der Waals surface area contributed by atoms with E-state index in [1.807, 2.05) is 54.6 Å². The average Bonchev–Trinajstić information content (AvgIpc) is 3.16. The molecule has 1 heterocycles. The monoisotopic (exact) mass is 399 g/mol. The molecular formula is C19H17N3O3S2. The zero-order valence-corrected chi connectivity index (χ0v) is 16.1. The molecule has 1 aromatic heterocycles. The number of carbonyl (C=O) groups is 1. The van der Waals surface area contributed by atoms with Gasteiger partial charge in [-0.25, -0.2) is 0 Å². The Bertz CT molecular complexity index is 954. The van der Waals surface area contributed by atoms with Crippen LogP contribution < -0.4 is 10.1 Å². The molecule has 1 amide bonds. The summed E-state index contributed by atoms with van der Waals surface area (Å²) in [7, 11) is 0.297. The van der Waals surface area contributed by atoms with Crippen molar-refractivity contribution in [1.29, 1.82) is 0 Å². The van der Waals surface area contributed by atoms with Crippen molar-refractivity contribution in [3.63, 3.8) is 0 Å². The lowest BCUT2D eigenvalue weighted by Gasteiger charge is -1.99. The first-order valence-corrected chi connectivity index (χ1v) is 10.2. The summed E-state index contributed by atoms with van der Waals surface area (Å²) in [5, 5.41) is 10.8. The molecule has 1 N–H and O–H groups in total. The quantitative estimate of drug-likeness (QED) is 0.486. The van der Waals surface area contributed by atoms with E-state index in [2.05, 4.69) is 15.5 Å². The summed E-state index contributed by atoms with van der Waals surface area (Å²) in [6.07, 6.45) is 3.09. The van der Waals surface area contributed by atoms with Crippen LogP contribution in [-0.2, 0) is 21.3 Å². The van der Waals surface area contributed by atoms with Crippen molar-refractivity contribution in [3.8, 4) is 5.75 Å². The number of rotatable bonds is 7. The zero-order chi connectivity index (χ0) is 19.1. The Hall–Kier alpha value is -2.84. The standard InChI is InChI=1S/C19H17N3O3S2/c1-25-16-10-7-14(8-11-16)9-12-17(23)20-18-21-22-19(26-18)27(24)13-15-5-3-2-4-6-15/h2-12H,13H2,1H3,(H,20,21,23)/b12-9-/t27-/m1/s1. The summed E-state index contributed by atoms with van der Waals surface area (Å²) in [4.78, 5) is 12.0. The molecule has 0 aliphatic heterocycles. The van der Waals surface area contributed by atoms with Crippen LogP contribution in [0.1, 0.15) is 11.1 Å². The molecular weight excluding hydrogens is 382 g/mol. The molecule has 0 saturated carbocycles. The molecule has 3 rings (SSSR count). The fourth-order valence-electron chi connectivity index (χ4n) is 2.17. The maximum atomic E-state index is 12.4. The van der Waals surface area contributed by atoms with E-state index in [0.29, 0.717) is 15.2 Å². The fourth-order valence-corrected chi connectivity index (χ4v) is 4.19. The fraction of sp³-hybridized carbons (Fsp3) is 0.105. The maximum Gasteiger partial charge on any atom is 0.250 e. The normalized spacial score (nSPS) is 12.0. The molecule has 0 aliphatic rings. The Morgan fingerprint density at radius 3 is 2.59 bits per heavy atom. The van der Waals surface area contributed by atoms with Crippen LogP contribution in [0, 0.1) is 0 Å². The average molecular weight is 399 g/mol. The lowest BCUT2D eigenvalue weighted by Crippen LogP contribution is -2.07. The molecule has 27 heavy (non-hydrogen) atoms. The van der Waals surface area contributed by atoms with Crippen LogP contribution in [-0.4, -0.2) is 27.4 Å². The predicted molar refractivity (Wildman–Crippen MR) is 107 cm³/mol. The van der Waals surface area contributed by atoms with Crippen LogP contribution in [0.15, 0.2) is 65.0 Å². The topological polar surface area (TPSA) is 81.2 Å². The van der Waals surface area contributed by atoms with E-state index in [4.69, 9.17) is 4.74 Å². The number of hydrogen-bond acceptors (Lipinski definition) is 6. The van der Waals surface area contributed by atoms with Gasteiger partial charge in [0.05, 0.1) is 23.7 Å². The van der Waals surface area contributed by atoms with Crippen molar-refractivity contribution in [3.05, 3.63) is 71.8 Å². The number of nitrogens with one attached hydrogen (secondary N) is 1. The Kier molecular flexibility index (Phi) is 6.45. The number of carbonyl (C=O) groups excluding carboxylic acids is 1. The van der Waals surface area contributed by atoms with Gasteiger partial charge in [-0.2, -0.15) is 0 Å². The zero-order valence-electron chi connectivity index (χ0n) is 14.5. The summed E-state index contributed by atoms with van der Waals surface area (Å²) in [5.41, 5.74) is 1.83. The van der Waals surface area contributed by atoms with E-state index in [9.17, 15) is 9.00 Å². The Morgan fingerprint density at radius 1 is 1.15 bits per heavy atom. The van der Waals surface area contributed by atoms with E-state index in [1.165, 1.54) is 6.08 Å². The van der Waals surface area contributed by atoms with Crippen molar-refractivity contribution in [2.75, 3.05) is 12.4 Å². The molecule has 0 aliphatic carbocycles. The lowest BCUT2D eigenvalue weighted by atomic mass is 10.2. The first-order chi connectivity index (χ1) is 13.1. The number of aromatic nitrogens is 2. The molecule has 2 aromatic carbocycles. The molecule has 0 unspecified atom stereocenters. The highest BCUT2D eigenvalue weighted by atomic mass is 32.2. The second-order valence-electron chi connectivity index (χ2n) is 5.44. The summed E-state index contributed by atoms with van der Waals surface area (Å²) < 4.78 is 17.8. The third kappa shape index (κ3) is 5.57.